The lowest BCUT2D eigenvalue weighted by molar-refractivity contribution is -0.146. The quantitative estimate of drug-likeness (QED) is 0.858. The van der Waals surface area contributed by atoms with E-state index in [0.717, 1.165) is 19.3 Å². The van der Waals surface area contributed by atoms with Crippen molar-refractivity contribution in [1.29, 1.82) is 0 Å². The number of nitrogens with one attached hydrogen (secondary N) is 1. The third kappa shape index (κ3) is 3.49. The molecule has 1 fully saturated rings. The highest BCUT2D eigenvalue weighted by atomic mass is 16.5. The first kappa shape index (κ1) is 18.2. The van der Waals surface area contributed by atoms with Gasteiger partial charge in [0.25, 0.3) is 5.91 Å². The Hall–Kier alpha value is -2.63. The largest absolute Gasteiger partial charge is 0.449 e. The van der Waals surface area contributed by atoms with E-state index in [1.807, 2.05) is 18.7 Å². The van der Waals surface area contributed by atoms with Crippen LogP contribution in [0, 0.1) is 0 Å². The molecule has 2 heterocycles. The fourth-order valence-corrected chi connectivity index (χ4v) is 3.71. The first-order valence-electron chi connectivity index (χ1n) is 9.03. The second-order valence-corrected chi connectivity index (χ2v) is 7.01. The summed E-state index contributed by atoms with van der Waals surface area (Å²) in [5.41, 5.74) is 0.348. The number of H-pyrrole nitrogens is 1. The van der Waals surface area contributed by atoms with Gasteiger partial charge in [-0.1, -0.05) is 18.2 Å². The van der Waals surface area contributed by atoms with Crippen molar-refractivity contribution in [3.63, 3.8) is 0 Å². The minimum atomic E-state index is -0.899. The van der Waals surface area contributed by atoms with E-state index in [-0.39, 0.29) is 29.1 Å². The van der Waals surface area contributed by atoms with Crippen molar-refractivity contribution in [3.05, 3.63) is 46.2 Å². The van der Waals surface area contributed by atoms with Crippen molar-refractivity contribution in [3.8, 4) is 0 Å². The summed E-state index contributed by atoms with van der Waals surface area (Å²) in [6.45, 7) is 5.63. The zero-order valence-electron chi connectivity index (χ0n) is 15.3. The van der Waals surface area contributed by atoms with Crippen LogP contribution >= 0.6 is 0 Å². The van der Waals surface area contributed by atoms with Crippen molar-refractivity contribution in [2.24, 2.45) is 0 Å². The second-order valence-electron chi connectivity index (χ2n) is 7.01. The maximum absolute atomic E-state index is 12.8. The Labute approximate surface area is 152 Å². The fraction of sp³-hybridized carbons (Fsp3) is 0.450. The predicted molar refractivity (Wildman–Crippen MR) is 99.1 cm³/mol. The van der Waals surface area contributed by atoms with Gasteiger partial charge in [0.2, 0.25) is 5.56 Å². The molecule has 0 bridgehead atoms. The Bertz CT molecular complexity index is 879. The molecule has 3 rings (SSSR count). The number of esters is 1. The predicted octanol–water partition coefficient (Wildman–Crippen LogP) is 2.86. The van der Waals surface area contributed by atoms with Crippen LogP contribution in [-0.4, -0.2) is 39.9 Å². The molecule has 6 nitrogen and oxygen atoms in total. The minimum Gasteiger partial charge on any atom is -0.449 e. The smallest absolute Gasteiger partial charge is 0.339 e. The number of amides is 1. The maximum atomic E-state index is 12.8. The zero-order chi connectivity index (χ0) is 18.8. The maximum Gasteiger partial charge on any atom is 0.339 e. The third-order valence-electron chi connectivity index (χ3n) is 5.05. The van der Waals surface area contributed by atoms with E-state index in [1.165, 1.54) is 6.07 Å². The summed E-state index contributed by atoms with van der Waals surface area (Å²) in [7, 11) is 0. The molecule has 1 N–H and O–H groups in total. The molecule has 1 amide bonds. The summed E-state index contributed by atoms with van der Waals surface area (Å²) in [6.07, 6.45) is 2.10. The number of para-hydroxylation sites is 1. The van der Waals surface area contributed by atoms with Crippen molar-refractivity contribution in [2.75, 3.05) is 0 Å². The molecule has 0 radical (unpaired) electrons. The van der Waals surface area contributed by atoms with Crippen molar-refractivity contribution in [2.45, 2.75) is 58.2 Å². The van der Waals surface area contributed by atoms with Gasteiger partial charge in [0, 0.05) is 29.1 Å². The summed E-state index contributed by atoms with van der Waals surface area (Å²) in [5, 5.41) is 0.594. The number of ether oxygens (including phenoxy) is 1. The Morgan fingerprint density at radius 1 is 1.19 bits per heavy atom. The summed E-state index contributed by atoms with van der Waals surface area (Å²) < 4.78 is 5.43. The number of hydrogen-bond acceptors (Lipinski definition) is 4. The lowest BCUT2D eigenvalue weighted by Gasteiger charge is -2.40. The van der Waals surface area contributed by atoms with Gasteiger partial charge in [0.1, 0.15) is 0 Å². The van der Waals surface area contributed by atoms with E-state index < -0.39 is 12.1 Å². The molecular formula is C20H24N2O4. The van der Waals surface area contributed by atoms with Crippen LogP contribution in [0.4, 0.5) is 0 Å². The first-order valence-corrected chi connectivity index (χ1v) is 9.03. The number of pyridine rings is 1. The van der Waals surface area contributed by atoms with E-state index in [0.29, 0.717) is 10.9 Å². The van der Waals surface area contributed by atoms with Gasteiger partial charge in [0.15, 0.2) is 6.10 Å². The molecule has 0 saturated carbocycles. The number of likely N-dealkylation sites (tertiary alicyclic amines) is 1. The van der Waals surface area contributed by atoms with Gasteiger partial charge in [-0.25, -0.2) is 4.79 Å². The highest BCUT2D eigenvalue weighted by Gasteiger charge is 2.33. The number of piperidine rings is 1. The monoisotopic (exact) mass is 356 g/mol. The average Bonchev–Trinajstić information content (AvgIpc) is 2.60. The molecule has 3 atom stereocenters. The van der Waals surface area contributed by atoms with Gasteiger partial charge in [0.05, 0.1) is 5.56 Å². The number of benzene rings is 1. The van der Waals surface area contributed by atoms with E-state index in [9.17, 15) is 14.4 Å². The zero-order valence-corrected chi connectivity index (χ0v) is 15.3. The average molecular weight is 356 g/mol. The standard InChI is InChI=1S/C20H24N2O4/c1-12-7-6-8-13(2)22(12)19(24)14(3)26-20(25)16-11-18(23)21-17-10-5-4-9-15(16)17/h4-5,9-14H,6-8H2,1-3H3,(H,21,23)/t12-,13+,14-/m0/s1. The highest BCUT2D eigenvalue weighted by Crippen LogP contribution is 2.24. The molecule has 1 saturated heterocycles. The van der Waals surface area contributed by atoms with Gasteiger partial charge in [-0.15, -0.1) is 0 Å². The number of aromatic amines is 1. The third-order valence-corrected chi connectivity index (χ3v) is 5.05. The molecule has 2 aromatic rings. The Balaban J connectivity index is 1.82. The number of nitrogens with zero attached hydrogens (tertiary/aromatic N) is 1. The van der Waals surface area contributed by atoms with Gasteiger partial charge in [-0.3, -0.25) is 9.59 Å². The topological polar surface area (TPSA) is 79.5 Å². The summed E-state index contributed by atoms with van der Waals surface area (Å²) in [5.74, 6) is -0.849. The highest BCUT2D eigenvalue weighted by molar-refractivity contribution is 6.03. The molecule has 1 aliphatic heterocycles. The molecule has 1 aromatic carbocycles. The SMILES string of the molecule is C[C@H](OC(=O)c1cc(=O)[nH]c2ccccc12)C(=O)N1[C@H](C)CCC[C@@H]1C. The number of aromatic nitrogens is 1. The van der Waals surface area contributed by atoms with Crippen LogP contribution in [0.25, 0.3) is 10.9 Å². The van der Waals surface area contributed by atoms with E-state index in [4.69, 9.17) is 4.74 Å². The van der Waals surface area contributed by atoms with Gasteiger partial charge < -0.3 is 14.6 Å². The molecular weight excluding hydrogens is 332 g/mol. The minimum absolute atomic E-state index is 0.132. The van der Waals surface area contributed by atoms with Gasteiger partial charge >= 0.3 is 5.97 Å². The van der Waals surface area contributed by atoms with E-state index in [1.54, 1.807) is 31.2 Å². The summed E-state index contributed by atoms with van der Waals surface area (Å²) >= 11 is 0. The van der Waals surface area contributed by atoms with Crippen LogP contribution in [0.3, 0.4) is 0 Å². The number of rotatable bonds is 3. The summed E-state index contributed by atoms with van der Waals surface area (Å²) in [6, 6.07) is 8.50. The van der Waals surface area contributed by atoms with Crippen molar-refractivity contribution in [1.82, 2.24) is 9.88 Å². The van der Waals surface area contributed by atoms with Gasteiger partial charge in [-0.05, 0) is 46.1 Å². The molecule has 1 aliphatic rings. The van der Waals surface area contributed by atoms with Crippen LogP contribution in [0.1, 0.15) is 50.4 Å². The number of carbonyl (C=O) groups excluding carboxylic acids is 2. The van der Waals surface area contributed by atoms with Gasteiger partial charge in [-0.2, -0.15) is 0 Å². The lowest BCUT2D eigenvalue weighted by Crippen LogP contribution is -2.51. The Kier molecular flexibility index (Phi) is 5.11. The van der Waals surface area contributed by atoms with Crippen LogP contribution in [0.2, 0.25) is 0 Å². The molecule has 138 valence electrons. The number of fused-ring (bicyclic) bond motifs is 1. The van der Waals surface area contributed by atoms with Crippen molar-refractivity contribution >= 4 is 22.8 Å². The Morgan fingerprint density at radius 3 is 2.54 bits per heavy atom. The molecule has 0 spiro atoms. The normalized spacial score (nSPS) is 21.4. The summed E-state index contributed by atoms with van der Waals surface area (Å²) in [4.78, 5) is 41.7. The Morgan fingerprint density at radius 2 is 1.85 bits per heavy atom. The molecule has 0 aliphatic carbocycles. The van der Waals surface area contributed by atoms with E-state index in [2.05, 4.69) is 4.98 Å². The van der Waals surface area contributed by atoms with Crippen molar-refractivity contribution < 1.29 is 14.3 Å². The second kappa shape index (κ2) is 7.32. The van der Waals surface area contributed by atoms with E-state index >= 15 is 0 Å². The van der Waals surface area contributed by atoms with Crippen LogP contribution < -0.4 is 5.56 Å². The van der Waals surface area contributed by atoms with Crippen LogP contribution in [0.5, 0.6) is 0 Å². The van der Waals surface area contributed by atoms with Crippen LogP contribution in [-0.2, 0) is 9.53 Å². The number of carbonyl (C=O) groups is 2. The molecule has 26 heavy (non-hydrogen) atoms. The number of hydrogen-bond donors (Lipinski definition) is 1. The fourth-order valence-electron chi connectivity index (χ4n) is 3.71. The van der Waals surface area contributed by atoms with Crippen LogP contribution in [0.15, 0.2) is 35.1 Å². The molecule has 0 unspecified atom stereocenters. The lowest BCUT2D eigenvalue weighted by atomic mass is 9.97. The molecule has 1 aromatic heterocycles. The molecule has 6 heteroatoms. The first-order chi connectivity index (χ1) is 12.4.